The van der Waals surface area contributed by atoms with Crippen LogP contribution in [-0.2, 0) is 6.42 Å². The van der Waals surface area contributed by atoms with Crippen molar-refractivity contribution < 1.29 is 0 Å². The lowest BCUT2D eigenvalue weighted by molar-refractivity contribution is 0.671. The van der Waals surface area contributed by atoms with E-state index in [0.717, 1.165) is 18.9 Å². The standard InChI is InChI=1S/C17H29N3S/c1-5-15-8-10-16(11-9-15)14(2)20-17(18-3)19-12-6-7-13-21-4/h8-11,14H,5-7,12-13H2,1-4H3,(H2,18,19,20). The molecule has 0 spiro atoms. The molecule has 21 heavy (non-hydrogen) atoms. The fourth-order valence-corrected chi connectivity index (χ4v) is 2.60. The molecule has 0 amide bonds. The lowest BCUT2D eigenvalue weighted by Crippen LogP contribution is -2.39. The lowest BCUT2D eigenvalue weighted by Gasteiger charge is -2.18. The molecule has 0 aliphatic rings. The van der Waals surface area contributed by atoms with Gasteiger partial charge in [0.25, 0.3) is 0 Å². The van der Waals surface area contributed by atoms with Crippen LogP contribution in [0.3, 0.4) is 0 Å². The Morgan fingerprint density at radius 1 is 1.24 bits per heavy atom. The molecule has 0 radical (unpaired) electrons. The quantitative estimate of drug-likeness (QED) is 0.437. The molecular formula is C17H29N3S. The molecule has 4 heteroatoms. The average molecular weight is 308 g/mol. The molecule has 1 unspecified atom stereocenters. The SMILES string of the molecule is CCc1ccc(C(C)NC(=NC)NCCCCSC)cc1. The van der Waals surface area contributed by atoms with Crippen LogP contribution in [0, 0.1) is 0 Å². The third-order valence-electron chi connectivity index (χ3n) is 3.53. The molecule has 0 aliphatic carbocycles. The maximum Gasteiger partial charge on any atom is 0.191 e. The Kier molecular flexibility index (Phi) is 8.99. The van der Waals surface area contributed by atoms with Gasteiger partial charge < -0.3 is 10.6 Å². The molecule has 1 aromatic carbocycles. The van der Waals surface area contributed by atoms with Gasteiger partial charge in [-0.05, 0) is 49.3 Å². The number of nitrogens with one attached hydrogen (secondary N) is 2. The molecule has 118 valence electrons. The first-order valence-corrected chi connectivity index (χ1v) is 9.15. The fourth-order valence-electron chi connectivity index (χ4n) is 2.10. The predicted octanol–water partition coefficient (Wildman–Crippen LogP) is 3.62. The first-order chi connectivity index (χ1) is 10.2. The molecule has 1 atom stereocenters. The third-order valence-corrected chi connectivity index (χ3v) is 4.23. The molecule has 3 nitrogen and oxygen atoms in total. The molecule has 2 N–H and O–H groups in total. The van der Waals surface area contributed by atoms with Crippen molar-refractivity contribution in [2.45, 2.75) is 39.2 Å². The molecule has 1 aromatic rings. The maximum atomic E-state index is 4.29. The fraction of sp³-hybridized carbons (Fsp3) is 0.588. The number of thioether (sulfide) groups is 1. The number of rotatable bonds is 8. The van der Waals surface area contributed by atoms with E-state index in [0.29, 0.717) is 0 Å². The van der Waals surface area contributed by atoms with Crippen molar-refractivity contribution in [1.29, 1.82) is 0 Å². The second-order valence-electron chi connectivity index (χ2n) is 5.16. The summed E-state index contributed by atoms with van der Waals surface area (Å²) in [5.41, 5.74) is 2.67. The molecule has 0 saturated carbocycles. The second-order valence-corrected chi connectivity index (χ2v) is 6.15. The summed E-state index contributed by atoms with van der Waals surface area (Å²) in [6, 6.07) is 9.05. The smallest absolute Gasteiger partial charge is 0.191 e. The van der Waals surface area contributed by atoms with Crippen LogP contribution < -0.4 is 10.6 Å². The second kappa shape index (κ2) is 10.6. The van der Waals surface area contributed by atoms with Gasteiger partial charge in [0.2, 0.25) is 0 Å². The predicted molar refractivity (Wildman–Crippen MR) is 96.3 cm³/mol. The van der Waals surface area contributed by atoms with Crippen molar-refractivity contribution in [1.82, 2.24) is 10.6 Å². The molecule has 0 heterocycles. The van der Waals surface area contributed by atoms with Crippen molar-refractivity contribution in [2.24, 2.45) is 4.99 Å². The summed E-state index contributed by atoms with van der Waals surface area (Å²) in [5.74, 6) is 2.11. The Morgan fingerprint density at radius 2 is 1.95 bits per heavy atom. The van der Waals surface area contributed by atoms with Crippen LogP contribution in [0.15, 0.2) is 29.3 Å². The van der Waals surface area contributed by atoms with E-state index in [1.54, 1.807) is 0 Å². The van der Waals surface area contributed by atoms with Gasteiger partial charge in [-0.15, -0.1) is 0 Å². The minimum absolute atomic E-state index is 0.258. The summed E-state index contributed by atoms with van der Waals surface area (Å²) in [7, 11) is 1.82. The Hall–Kier alpha value is -1.16. The molecule has 0 fully saturated rings. The van der Waals surface area contributed by atoms with E-state index in [-0.39, 0.29) is 6.04 Å². The molecule has 0 aliphatic heterocycles. The van der Waals surface area contributed by atoms with Gasteiger partial charge in [-0.3, -0.25) is 4.99 Å². The van der Waals surface area contributed by atoms with Crippen LogP contribution in [0.5, 0.6) is 0 Å². The minimum atomic E-state index is 0.258. The van der Waals surface area contributed by atoms with E-state index < -0.39 is 0 Å². The number of aliphatic imine (C=N–C) groups is 1. The number of hydrogen-bond acceptors (Lipinski definition) is 2. The van der Waals surface area contributed by atoms with Crippen molar-refractivity contribution in [3.8, 4) is 0 Å². The monoisotopic (exact) mass is 307 g/mol. The van der Waals surface area contributed by atoms with Crippen LogP contribution in [0.4, 0.5) is 0 Å². The first-order valence-electron chi connectivity index (χ1n) is 7.76. The Labute approximate surface area is 134 Å². The number of unbranched alkanes of at least 4 members (excludes halogenated alkanes) is 1. The summed E-state index contributed by atoms with van der Waals surface area (Å²) in [4.78, 5) is 4.29. The molecule has 0 saturated heterocycles. The summed E-state index contributed by atoms with van der Waals surface area (Å²) < 4.78 is 0. The molecule has 0 bridgehead atoms. The van der Waals surface area contributed by atoms with Gasteiger partial charge in [-0.2, -0.15) is 11.8 Å². The van der Waals surface area contributed by atoms with Gasteiger partial charge in [0.15, 0.2) is 5.96 Å². The van der Waals surface area contributed by atoms with E-state index >= 15 is 0 Å². The highest BCUT2D eigenvalue weighted by atomic mass is 32.2. The first kappa shape index (κ1) is 17.9. The molecule has 0 aromatic heterocycles. The van der Waals surface area contributed by atoms with E-state index in [1.807, 2.05) is 18.8 Å². The van der Waals surface area contributed by atoms with Gasteiger partial charge in [-0.1, -0.05) is 31.2 Å². The Morgan fingerprint density at radius 3 is 2.52 bits per heavy atom. The topological polar surface area (TPSA) is 36.4 Å². The Balaban J connectivity index is 2.41. The zero-order valence-electron chi connectivity index (χ0n) is 13.8. The van der Waals surface area contributed by atoms with Crippen LogP contribution >= 0.6 is 11.8 Å². The lowest BCUT2D eigenvalue weighted by atomic mass is 10.1. The summed E-state index contributed by atoms with van der Waals surface area (Å²) >= 11 is 1.90. The van der Waals surface area contributed by atoms with Gasteiger partial charge in [0, 0.05) is 13.6 Å². The normalized spacial score (nSPS) is 13.0. The van der Waals surface area contributed by atoms with Crippen molar-refractivity contribution in [2.75, 3.05) is 25.6 Å². The summed E-state index contributed by atoms with van der Waals surface area (Å²) in [5, 5.41) is 6.83. The average Bonchev–Trinajstić information content (AvgIpc) is 2.53. The highest BCUT2D eigenvalue weighted by Crippen LogP contribution is 2.13. The zero-order valence-corrected chi connectivity index (χ0v) is 14.6. The largest absolute Gasteiger partial charge is 0.356 e. The van der Waals surface area contributed by atoms with Gasteiger partial charge in [0.1, 0.15) is 0 Å². The number of nitrogens with zero attached hydrogens (tertiary/aromatic N) is 1. The summed E-state index contributed by atoms with van der Waals surface area (Å²) in [6.45, 7) is 5.32. The van der Waals surface area contributed by atoms with E-state index in [4.69, 9.17) is 0 Å². The van der Waals surface area contributed by atoms with Crippen molar-refractivity contribution in [3.05, 3.63) is 35.4 Å². The van der Waals surface area contributed by atoms with Crippen LogP contribution in [0.25, 0.3) is 0 Å². The number of guanidine groups is 1. The van der Waals surface area contributed by atoms with E-state index in [2.05, 4.69) is 60.0 Å². The number of benzene rings is 1. The van der Waals surface area contributed by atoms with Crippen LogP contribution in [0.1, 0.15) is 43.9 Å². The van der Waals surface area contributed by atoms with Crippen molar-refractivity contribution >= 4 is 17.7 Å². The van der Waals surface area contributed by atoms with Crippen LogP contribution in [0.2, 0.25) is 0 Å². The molecular weight excluding hydrogens is 278 g/mol. The van der Waals surface area contributed by atoms with Gasteiger partial charge >= 0.3 is 0 Å². The Bertz CT molecular complexity index is 415. The number of aryl methyl sites for hydroxylation is 1. The van der Waals surface area contributed by atoms with Gasteiger partial charge in [-0.25, -0.2) is 0 Å². The van der Waals surface area contributed by atoms with Crippen molar-refractivity contribution in [3.63, 3.8) is 0 Å². The zero-order chi connectivity index (χ0) is 15.5. The highest BCUT2D eigenvalue weighted by Gasteiger charge is 2.07. The highest BCUT2D eigenvalue weighted by molar-refractivity contribution is 7.98. The number of hydrogen-bond donors (Lipinski definition) is 2. The van der Waals surface area contributed by atoms with E-state index in [1.165, 1.54) is 29.7 Å². The van der Waals surface area contributed by atoms with Gasteiger partial charge in [0.05, 0.1) is 6.04 Å². The summed E-state index contributed by atoms with van der Waals surface area (Å²) in [6.07, 6.45) is 5.67. The molecule has 1 rings (SSSR count). The maximum absolute atomic E-state index is 4.29. The van der Waals surface area contributed by atoms with E-state index in [9.17, 15) is 0 Å². The third kappa shape index (κ3) is 6.89. The minimum Gasteiger partial charge on any atom is -0.356 e. The van der Waals surface area contributed by atoms with Crippen LogP contribution in [-0.4, -0.2) is 31.6 Å².